The molecule has 0 radical (unpaired) electrons. The topological polar surface area (TPSA) is 246 Å². The summed E-state index contributed by atoms with van der Waals surface area (Å²) in [5, 5.41) is 16.0. The van der Waals surface area contributed by atoms with Crippen molar-refractivity contribution in [2.45, 2.75) is 102 Å². The molecule has 6 rings (SSSR count). The zero-order valence-electron chi connectivity index (χ0n) is 38.5. The molecule has 0 fully saturated rings. The Labute approximate surface area is 391 Å². The number of nitrogens with two attached hydrogens (primary N) is 2. The number of amides is 6. The van der Waals surface area contributed by atoms with Crippen molar-refractivity contribution in [3.8, 4) is 0 Å². The van der Waals surface area contributed by atoms with E-state index in [1.165, 1.54) is 0 Å². The van der Waals surface area contributed by atoms with Gasteiger partial charge in [-0.05, 0) is 65.5 Å². The zero-order valence-corrected chi connectivity index (χ0v) is 38.5. The van der Waals surface area contributed by atoms with Crippen LogP contribution in [0.15, 0.2) is 122 Å². The molecule has 15 heteroatoms. The van der Waals surface area contributed by atoms with Gasteiger partial charge in [-0.1, -0.05) is 125 Å². The minimum Gasteiger partial charge on any atom is -0.368 e. The van der Waals surface area contributed by atoms with Crippen LogP contribution >= 0.6 is 0 Å². The predicted molar refractivity (Wildman–Crippen MR) is 260 cm³/mol. The summed E-state index contributed by atoms with van der Waals surface area (Å²) < 4.78 is 0. The van der Waals surface area contributed by atoms with Gasteiger partial charge < -0.3 is 48.0 Å². The Morgan fingerprint density at radius 2 is 0.806 bits per heavy atom. The van der Waals surface area contributed by atoms with Gasteiger partial charge >= 0.3 is 0 Å². The van der Waals surface area contributed by atoms with Crippen LogP contribution in [0, 0.1) is 11.8 Å². The molecular weight excluding hydrogens is 847 g/mol. The number of carbonyl (C=O) groups excluding carboxylic acids is 6. The smallest absolute Gasteiger partial charge is 0.243 e. The summed E-state index contributed by atoms with van der Waals surface area (Å²) in [5.41, 5.74) is 16.8. The lowest BCUT2D eigenvalue weighted by Crippen LogP contribution is -2.60. The van der Waals surface area contributed by atoms with E-state index in [1.807, 2.05) is 137 Å². The van der Waals surface area contributed by atoms with Crippen molar-refractivity contribution < 1.29 is 28.8 Å². The summed E-state index contributed by atoms with van der Waals surface area (Å²) in [6, 6.07) is 26.9. The first-order valence-electron chi connectivity index (χ1n) is 22.9. The number of H-pyrrole nitrogens is 2. The molecule has 0 saturated heterocycles. The van der Waals surface area contributed by atoms with Crippen molar-refractivity contribution in [3.63, 3.8) is 0 Å². The van der Waals surface area contributed by atoms with E-state index in [0.717, 1.165) is 44.1 Å². The number of hydrogen-bond acceptors (Lipinski definition) is 7. The lowest BCUT2D eigenvalue weighted by molar-refractivity contribution is -0.135. The van der Waals surface area contributed by atoms with Crippen LogP contribution in [0.1, 0.15) is 62.8 Å². The minimum absolute atomic E-state index is 0.0133. The van der Waals surface area contributed by atoms with Gasteiger partial charge in [0.05, 0.1) is 6.04 Å². The zero-order chi connectivity index (χ0) is 48.0. The first kappa shape index (κ1) is 49.2. The summed E-state index contributed by atoms with van der Waals surface area (Å²) in [6.45, 7) is 7.62. The van der Waals surface area contributed by atoms with Gasteiger partial charge in [0.1, 0.15) is 30.2 Å². The second-order valence-corrected chi connectivity index (χ2v) is 18.1. The fourth-order valence-corrected chi connectivity index (χ4v) is 8.27. The molecular formula is C52H63N9O6. The molecule has 0 unspecified atom stereocenters. The first-order valence-corrected chi connectivity index (χ1v) is 22.9. The van der Waals surface area contributed by atoms with Gasteiger partial charge in [-0.25, -0.2) is 0 Å². The lowest BCUT2D eigenvalue weighted by Gasteiger charge is -2.28. The number of para-hydroxylation sites is 2. The van der Waals surface area contributed by atoms with E-state index in [2.05, 4.69) is 36.6 Å². The Balaban J connectivity index is 1.30. The number of primary amides is 1. The number of aromatic nitrogens is 2. The second-order valence-electron chi connectivity index (χ2n) is 18.1. The van der Waals surface area contributed by atoms with Crippen LogP contribution in [-0.4, -0.2) is 81.7 Å². The third-order valence-corrected chi connectivity index (χ3v) is 11.7. The van der Waals surface area contributed by atoms with Crippen LogP contribution in [0.25, 0.3) is 21.8 Å². The van der Waals surface area contributed by atoms with Crippen molar-refractivity contribution in [2.75, 3.05) is 0 Å². The maximum atomic E-state index is 14.8. The first-order chi connectivity index (χ1) is 32.1. The number of nitrogens with one attached hydrogen (secondary N) is 7. The van der Waals surface area contributed by atoms with Gasteiger partial charge in [-0.2, -0.15) is 0 Å². The van der Waals surface area contributed by atoms with Gasteiger partial charge in [0, 0.05) is 53.5 Å². The Morgan fingerprint density at radius 3 is 1.27 bits per heavy atom. The molecule has 2 aromatic heterocycles. The third-order valence-electron chi connectivity index (χ3n) is 11.7. The van der Waals surface area contributed by atoms with Gasteiger partial charge in [-0.15, -0.1) is 0 Å². The minimum atomic E-state index is -1.25. The molecule has 2 heterocycles. The van der Waals surface area contributed by atoms with E-state index < -0.39 is 71.7 Å². The fraction of sp³-hybridized carbons (Fsp3) is 0.346. The van der Waals surface area contributed by atoms with Gasteiger partial charge in [0.25, 0.3) is 0 Å². The predicted octanol–water partition coefficient (Wildman–Crippen LogP) is 4.25. The van der Waals surface area contributed by atoms with Gasteiger partial charge in [0.15, 0.2) is 0 Å². The van der Waals surface area contributed by atoms with E-state index in [0.29, 0.717) is 6.42 Å². The normalized spacial score (nSPS) is 14.1. The number of carbonyl (C=O) groups is 6. The molecule has 352 valence electrons. The lowest BCUT2D eigenvalue weighted by atomic mass is 9.98. The van der Waals surface area contributed by atoms with E-state index in [1.54, 1.807) is 12.4 Å². The van der Waals surface area contributed by atoms with Crippen LogP contribution < -0.4 is 38.1 Å². The third kappa shape index (κ3) is 13.9. The molecule has 0 saturated carbocycles. The molecule has 67 heavy (non-hydrogen) atoms. The highest BCUT2D eigenvalue weighted by molar-refractivity contribution is 5.97. The molecule has 0 spiro atoms. The molecule has 6 aromatic rings. The second kappa shape index (κ2) is 23.3. The molecule has 6 atom stereocenters. The SMILES string of the molecule is CC(C)C[C@@H](NC(=O)[C@@H](CC(C)C)NC(=O)[C@@H](Cc1c[nH]c2ccccc12)NC(=O)[C@@H](Cc1ccccc1)NC(=O)[C@@H](Cc1c[nH]c2ccccc12)NC(=O)[C@H](N)Cc1ccccc1)C(N)=O. The van der Waals surface area contributed by atoms with E-state index >= 15 is 0 Å². The number of hydrogen-bond donors (Lipinski definition) is 9. The molecule has 0 aliphatic carbocycles. The summed E-state index contributed by atoms with van der Waals surface area (Å²) in [5.74, 6) is -3.78. The van der Waals surface area contributed by atoms with E-state index in [-0.39, 0.29) is 43.9 Å². The average molecular weight is 910 g/mol. The Hall–Kier alpha value is -7.26. The molecule has 15 nitrogen and oxygen atoms in total. The summed E-state index contributed by atoms with van der Waals surface area (Å²) in [7, 11) is 0. The van der Waals surface area contributed by atoms with Crippen molar-refractivity contribution in [3.05, 3.63) is 144 Å². The van der Waals surface area contributed by atoms with Crippen molar-refractivity contribution in [1.82, 2.24) is 36.6 Å². The number of benzene rings is 4. The highest BCUT2D eigenvalue weighted by Gasteiger charge is 2.34. The van der Waals surface area contributed by atoms with E-state index in [9.17, 15) is 28.8 Å². The van der Waals surface area contributed by atoms with Crippen LogP contribution in [0.5, 0.6) is 0 Å². The molecule has 0 bridgehead atoms. The largest absolute Gasteiger partial charge is 0.368 e. The maximum Gasteiger partial charge on any atom is 0.243 e. The summed E-state index contributed by atoms with van der Waals surface area (Å²) in [4.78, 5) is 90.5. The van der Waals surface area contributed by atoms with Crippen LogP contribution in [0.4, 0.5) is 0 Å². The fourth-order valence-electron chi connectivity index (χ4n) is 8.27. The van der Waals surface area contributed by atoms with Crippen molar-refractivity contribution in [1.29, 1.82) is 0 Å². The maximum absolute atomic E-state index is 14.8. The number of aromatic amines is 2. The molecule has 11 N–H and O–H groups in total. The quantitative estimate of drug-likeness (QED) is 0.0452. The monoisotopic (exact) mass is 909 g/mol. The highest BCUT2D eigenvalue weighted by atomic mass is 16.2. The van der Waals surface area contributed by atoms with Crippen LogP contribution in [0.2, 0.25) is 0 Å². The van der Waals surface area contributed by atoms with Gasteiger partial charge in [-0.3, -0.25) is 28.8 Å². The Bertz CT molecular complexity index is 2630. The Kier molecular flexibility index (Phi) is 17.1. The van der Waals surface area contributed by atoms with Crippen LogP contribution in [0.3, 0.4) is 0 Å². The molecule has 0 aliphatic rings. The van der Waals surface area contributed by atoms with Crippen LogP contribution in [-0.2, 0) is 54.5 Å². The highest BCUT2D eigenvalue weighted by Crippen LogP contribution is 2.22. The summed E-state index contributed by atoms with van der Waals surface area (Å²) in [6.07, 6.45) is 4.43. The van der Waals surface area contributed by atoms with E-state index in [4.69, 9.17) is 11.5 Å². The van der Waals surface area contributed by atoms with Gasteiger partial charge in [0.2, 0.25) is 35.4 Å². The number of fused-ring (bicyclic) bond motifs is 2. The summed E-state index contributed by atoms with van der Waals surface area (Å²) >= 11 is 0. The molecule has 6 amide bonds. The molecule has 4 aromatic carbocycles. The standard InChI is InChI=1S/C52H63N9O6/c1-31(2)23-42(47(54)62)57-49(64)43(24-32(3)4)59-52(67)46(28-36-30-56-41-22-14-12-20-38(36)41)61-50(65)44(26-34-17-9-6-10-18-34)60-51(66)45(27-35-29-55-40-21-13-11-19-37(35)40)58-48(63)39(53)25-33-15-7-5-8-16-33/h5-22,29-32,39,42-46,55-56H,23-28,53H2,1-4H3,(H2,54,62)(H,57,64)(H,58,63)(H,59,67)(H,60,66)(H,61,65)/t39-,42-,43-,44-,45-,46-/m1/s1. The Morgan fingerprint density at radius 1 is 0.448 bits per heavy atom. The van der Waals surface area contributed by atoms with Crippen molar-refractivity contribution in [2.24, 2.45) is 23.3 Å². The van der Waals surface area contributed by atoms with Crippen molar-refractivity contribution >= 4 is 57.2 Å². The number of rotatable bonds is 23. The molecule has 0 aliphatic heterocycles. The average Bonchev–Trinajstić information content (AvgIpc) is 3.91.